The molecule has 0 unspecified atom stereocenters. The number of rotatable bonds is 5. The van der Waals surface area contributed by atoms with E-state index in [9.17, 15) is 9.90 Å². The van der Waals surface area contributed by atoms with E-state index in [-0.39, 0.29) is 11.8 Å². The van der Waals surface area contributed by atoms with E-state index in [2.05, 4.69) is 9.88 Å². The van der Waals surface area contributed by atoms with Gasteiger partial charge in [-0.2, -0.15) is 0 Å². The Labute approximate surface area is 116 Å². The van der Waals surface area contributed by atoms with Gasteiger partial charge in [-0.3, -0.25) is 4.79 Å². The van der Waals surface area contributed by atoms with Crippen LogP contribution in [0.5, 0.6) is 0 Å². The van der Waals surface area contributed by atoms with E-state index in [1.807, 2.05) is 0 Å². The topological polar surface area (TPSA) is 53.4 Å². The summed E-state index contributed by atoms with van der Waals surface area (Å²) in [6.45, 7) is 0.636. The zero-order chi connectivity index (χ0) is 13.0. The maximum Gasteiger partial charge on any atom is 0.187 e. The Balaban J connectivity index is 2.19. The van der Waals surface area contributed by atoms with Gasteiger partial charge in [0, 0.05) is 12.6 Å². The number of aliphatic hydroxyl groups is 1. The predicted molar refractivity (Wildman–Crippen MR) is 73.8 cm³/mol. The summed E-state index contributed by atoms with van der Waals surface area (Å²) in [5.41, 5.74) is 0. The van der Waals surface area contributed by atoms with Gasteiger partial charge in [-0.15, -0.1) is 0 Å². The second-order valence-electron chi connectivity index (χ2n) is 4.48. The summed E-state index contributed by atoms with van der Waals surface area (Å²) >= 11 is 7.21. The van der Waals surface area contributed by atoms with Crippen molar-refractivity contribution in [3.05, 3.63) is 10.0 Å². The maximum absolute atomic E-state index is 10.8. The third kappa shape index (κ3) is 3.02. The molecular weight excluding hydrogens is 272 g/mol. The number of hydrogen-bond donors (Lipinski definition) is 1. The lowest BCUT2D eigenvalue weighted by molar-refractivity contribution is 0.112. The van der Waals surface area contributed by atoms with Gasteiger partial charge in [-0.25, -0.2) is 4.98 Å². The summed E-state index contributed by atoms with van der Waals surface area (Å²) in [6.07, 6.45) is 6.68. The van der Waals surface area contributed by atoms with Crippen LogP contribution < -0.4 is 4.90 Å². The number of aromatic nitrogens is 1. The molecule has 0 atom stereocenters. The van der Waals surface area contributed by atoms with Gasteiger partial charge in [0.05, 0.1) is 6.61 Å². The van der Waals surface area contributed by atoms with Crippen LogP contribution >= 0.6 is 22.9 Å². The molecular formula is C12H17ClN2O2S. The smallest absolute Gasteiger partial charge is 0.187 e. The van der Waals surface area contributed by atoms with Crippen LogP contribution in [-0.2, 0) is 0 Å². The molecule has 0 bridgehead atoms. The van der Waals surface area contributed by atoms with E-state index in [4.69, 9.17) is 11.6 Å². The molecule has 1 N–H and O–H groups in total. The number of hydrogen-bond acceptors (Lipinski definition) is 5. The largest absolute Gasteiger partial charge is 0.395 e. The Kier molecular flexibility index (Phi) is 4.97. The SMILES string of the molecule is O=Cc1sc(N(CCO)C2CCCCC2)nc1Cl. The molecule has 0 saturated heterocycles. The first-order valence-corrected chi connectivity index (χ1v) is 7.44. The van der Waals surface area contributed by atoms with Crippen LogP contribution in [0.25, 0.3) is 0 Å². The number of anilines is 1. The summed E-state index contributed by atoms with van der Waals surface area (Å²) in [6, 6.07) is 0.410. The highest BCUT2D eigenvalue weighted by atomic mass is 35.5. The lowest BCUT2D eigenvalue weighted by Gasteiger charge is -2.33. The van der Waals surface area contributed by atoms with Crippen molar-refractivity contribution < 1.29 is 9.90 Å². The summed E-state index contributed by atoms with van der Waals surface area (Å²) in [4.78, 5) is 17.6. The molecule has 1 aliphatic carbocycles. The van der Waals surface area contributed by atoms with Crippen molar-refractivity contribution in [2.75, 3.05) is 18.1 Å². The highest BCUT2D eigenvalue weighted by molar-refractivity contribution is 7.17. The molecule has 1 heterocycles. The first-order valence-electron chi connectivity index (χ1n) is 6.25. The van der Waals surface area contributed by atoms with Gasteiger partial charge >= 0.3 is 0 Å². The molecule has 18 heavy (non-hydrogen) atoms. The van der Waals surface area contributed by atoms with Gasteiger partial charge in [-0.05, 0) is 12.8 Å². The Hall–Kier alpha value is -0.650. The monoisotopic (exact) mass is 288 g/mol. The van der Waals surface area contributed by atoms with E-state index < -0.39 is 0 Å². The first-order chi connectivity index (χ1) is 8.76. The predicted octanol–water partition coefficient (Wildman–Crippen LogP) is 2.74. The highest BCUT2D eigenvalue weighted by Gasteiger charge is 2.24. The van der Waals surface area contributed by atoms with Crippen LogP contribution in [0.15, 0.2) is 0 Å². The van der Waals surface area contributed by atoms with Gasteiger partial charge in [0.15, 0.2) is 16.6 Å². The Morgan fingerprint density at radius 3 is 2.72 bits per heavy atom. The van der Waals surface area contributed by atoms with Crippen molar-refractivity contribution in [3.63, 3.8) is 0 Å². The van der Waals surface area contributed by atoms with Crippen LogP contribution in [0.1, 0.15) is 41.8 Å². The summed E-state index contributed by atoms with van der Waals surface area (Å²) in [5.74, 6) is 0. The Morgan fingerprint density at radius 1 is 1.44 bits per heavy atom. The molecule has 6 heteroatoms. The van der Waals surface area contributed by atoms with Crippen LogP contribution in [0.4, 0.5) is 5.13 Å². The molecule has 1 aliphatic rings. The summed E-state index contributed by atoms with van der Waals surface area (Å²) in [5, 5.41) is 10.2. The van der Waals surface area contributed by atoms with E-state index >= 15 is 0 Å². The highest BCUT2D eigenvalue weighted by Crippen LogP contribution is 2.33. The van der Waals surface area contributed by atoms with Crippen molar-refractivity contribution in [1.29, 1.82) is 0 Å². The van der Waals surface area contributed by atoms with Crippen LogP contribution in [0.2, 0.25) is 5.15 Å². The fourth-order valence-electron chi connectivity index (χ4n) is 2.43. The second-order valence-corrected chi connectivity index (χ2v) is 5.85. The van der Waals surface area contributed by atoms with Crippen molar-refractivity contribution >= 4 is 34.4 Å². The Bertz CT molecular complexity index is 405. The van der Waals surface area contributed by atoms with Crippen LogP contribution in [0, 0.1) is 0 Å². The van der Waals surface area contributed by atoms with E-state index in [1.54, 1.807) is 0 Å². The number of carbonyl (C=O) groups is 1. The average Bonchev–Trinajstić information content (AvgIpc) is 2.78. The number of nitrogens with zero attached hydrogens (tertiary/aromatic N) is 2. The zero-order valence-electron chi connectivity index (χ0n) is 10.1. The normalized spacial score (nSPS) is 16.8. The van der Waals surface area contributed by atoms with E-state index in [1.165, 1.54) is 30.6 Å². The molecule has 0 aliphatic heterocycles. The number of aliphatic hydroxyl groups excluding tert-OH is 1. The molecule has 2 rings (SSSR count). The molecule has 0 radical (unpaired) electrons. The molecule has 1 aromatic heterocycles. The van der Waals surface area contributed by atoms with Crippen LogP contribution in [0.3, 0.4) is 0 Å². The van der Waals surface area contributed by atoms with Crippen molar-refractivity contribution in [2.45, 2.75) is 38.1 Å². The second kappa shape index (κ2) is 6.50. The minimum Gasteiger partial charge on any atom is -0.395 e. The maximum atomic E-state index is 10.8. The molecule has 100 valence electrons. The summed E-state index contributed by atoms with van der Waals surface area (Å²) < 4.78 is 0. The van der Waals surface area contributed by atoms with Gasteiger partial charge in [0.2, 0.25) is 0 Å². The first kappa shape index (κ1) is 13.8. The van der Waals surface area contributed by atoms with Gasteiger partial charge in [0.25, 0.3) is 0 Å². The van der Waals surface area contributed by atoms with Crippen molar-refractivity contribution in [2.24, 2.45) is 0 Å². The molecule has 1 aromatic rings. The molecule has 1 fully saturated rings. The third-order valence-electron chi connectivity index (χ3n) is 3.31. The van der Waals surface area contributed by atoms with Gasteiger partial charge < -0.3 is 10.0 Å². The van der Waals surface area contributed by atoms with Crippen molar-refractivity contribution in [1.82, 2.24) is 4.98 Å². The fraction of sp³-hybridized carbons (Fsp3) is 0.667. The molecule has 4 nitrogen and oxygen atoms in total. The number of aldehydes is 1. The minimum atomic E-state index is 0.0874. The standard InChI is InChI=1S/C12H17ClN2O2S/c13-11-10(8-17)18-12(14-11)15(6-7-16)9-4-2-1-3-5-9/h8-9,16H,1-7H2. The number of halogens is 1. The minimum absolute atomic E-state index is 0.0874. The third-order valence-corrected chi connectivity index (χ3v) is 4.73. The fourth-order valence-corrected chi connectivity index (χ4v) is 3.59. The molecule has 0 amide bonds. The lowest BCUT2D eigenvalue weighted by Crippen LogP contribution is -2.38. The Morgan fingerprint density at radius 2 is 2.17 bits per heavy atom. The number of thiazole rings is 1. The molecule has 0 spiro atoms. The summed E-state index contributed by atoms with van der Waals surface area (Å²) in [7, 11) is 0. The van der Waals surface area contributed by atoms with E-state index in [0.717, 1.165) is 24.3 Å². The van der Waals surface area contributed by atoms with Crippen molar-refractivity contribution in [3.8, 4) is 0 Å². The average molecular weight is 289 g/mol. The van der Waals surface area contributed by atoms with Crippen LogP contribution in [-0.4, -0.2) is 35.6 Å². The molecule has 0 aromatic carbocycles. The van der Waals surface area contributed by atoms with E-state index in [0.29, 0.717) is 17.5 Å². The van der Waals surface area contributed by atoms with Gasteiger partial charge in [-0.1, -0.05) is 42.2 Å². The number of carbonyl (C=O) groups excluding carboxylic acids is 1. The lowest BCUT2D eigenvalue weighted by atomic mass is 9.94. The zero-order valence-corrected chi connectivity index (χ0v) is 11.7. The van der Waals surface area contributed by atoms with Gasteiger partial charge in [0.1, 0.15) is 4.88 Å². The quantitative estimate of drug-likeness (QED) is 0.847. The molecule has 1 saturated carbocycles.